The van der Waals surface area contributed by atoms with Gasteiger partial charge in [-0.2, -0.15) is 0 Å². The number of nitrogens with two attached hydrogens (primary N) is 1. The maximum absolute atomic E-state index is 11.9. The zero-order valence-electron chi connectivity index (χ0n) is 12.3. The molecule has 6 heteroatoms. The molecule has 0 aliphatic heterocycles. The molecular formula is C15H24N2O3S. The minimum Gasteiger partial charge on any atom is -0.492 e. The van der Waals surface area contributed by atoms with Gasteiger partial charge >= 0.3 is 0 Å². The fourth-order valence-electron chi connectivity index (χ4n) is 2.58. The van der Waals surface area contributed by atoms with Crippen LogP contribution in [0.1, 0.15) is 32.1 Å². The van der Waals surface area contributed by atoms with Gasteiger partial charge in [0.1, 0.15) is 12.4 Å². The van der Waals surface area contributed by atoms with Crippen molar-refractivity contribution in [2.24, 2.45) is 5.92 Å². The molecule has 1 aromatic carbocycles. The molecule has 1 aliphatic rings. The maximum atomic E-state index is 11.9. The van der Waals surface area contributed by atoms with Crippen LogP contribution < -0.4 is 15.2 Å². The van der Waals surface area contributed by atoms with Gasteiger partial charge < -0.3 is 10.5 Å². The fourth-order valence-corrected chi connectivity index (χ4v) is 3.52. The third-order valence-corrected chi connectivity index (χ3v) is 5.11. The van der Waals surface area contributed by atoms with E-state index in [1.807, 2.05) is 0 Å². The minimum atomic E-state index is -3.27. The van der Waals surface area contributed by atoms with E-state index in [1.165, 1.54) is 19.3 Å². The highest BCUT2D eigenvalue weighted by atomic mass is 32.2. The average molecular weight is 312 g/mol. The van der Waals surface area contributed by atoms with Gasteiger partial charge in [-0.1, -0.05) is 25.3 Å². The molecule has 3 N–H and O–H groups in total. The van der Waals surface area contributed by atoms with Crippen LogP contribution in [0.2, 0.25) is 0 Å². The summed E-state index contributed by atoms with van der Waals surface area (Å²) >= 11 is 0. The molecule has 21 heavy (non-hydrogen) atoms. The average Bonchev–Trinajstić information content (AvgIpc) is 2.46. The number of hydrogen-bond acceptors (Lipinski definition) is 4. The lowest BCUT2D eigenvalue weighted by Gasteiger charge is -2.21. The molecule has 0 atom stereocenters. The first-order valence-electron chi connectivity index (χ1n) is 7.51. The first-order valence-corrected chi connectivity index (χ1v) is 9.16. The van der Waals surface area contributed by atoms with Gasteiger partial charge in [0, 0.05) is 18.3 Å². The van der Waals surface area contributed by atoms with Crippen LogP contribution >= 0.6 is 0 Å². The Hall–Kier alpha value is -1.27. The Kier molecular flexibility index (Phi) is 5.87. The van der Waals surface area contributed by atoms with Crippen molar-refractivity contribution < 1.29 is 13.2 Å². The summed E-state index contributed by atoms with van der Waals surface area (Å²) < 4.78 is 31.9. The summed E-state index contributed by atoms with van der Waals surface area (Å²) in [5.74, 6) is 1.05. The number of hydrogen-bond donors (Lipinski definition) is 2. The lowest BCUT2D eigenvalue weighted by atomic mass is 9.90. The second kappa shape index (κ2) is 7.66. The number of nitrogens with one attached hydrogen (secondary N) is 1. The fraction of sp³-hybridized carbons (Fsp3) is 0.600. The molecule has 0 radical (unpaired) electrons. The van der Waals surface area contributed by atoms with Gasteiger partial charge in [0.2, 0.25) is 10.0 Å². The van der Waals surface area contributed by atoms with Crippen LogP contribution in [0.25, 0.3) is 0 Å². The normalized spacial score (nSPS) is 16.8. The van der Waals surface area contributed by atoms with E-state index in [-0.39, 0.29) is 12.4 Å². The third-order valence-electron chi connectivity index (χ3n) is 3.80. The predicted molar refractivity (Wildman–Crippen MR) is 84.7 cm³/mol. The molecule has 0 bridgehead atoms. The molecule has 1 fully saturated rings. The van der Waals surface area contributed by atoms with Crippen molar-refractivity contribution in [1.29, 1.82) is 0 Å². The van der Waals surface area contributed by atoms with Crippen molar-refractivity contribution in [2.75, 3.05) is 24.6 Å². The zero-order chi connectivity index (χ0) is 15.1. The van der Waals surface area contributed by atoms with Crippen molar-refractivity contribution in [1.82, 2.24) is 4.72 Å². The predicted octanol–water partition coefficient (Wildman–Crippen LogP) is 2.15. The first kappa shape index (κ1) is 16.1. The number of sulfonamides is 1. The van der Waals surface area contributed by atoms with E-state index in [1.54, 1.807) is 24.3 Å². The molecule has 5 nitrogen and oxygen atoms in total. The van der Waals surface area contributed by atoms with Crippen LogP contribution in [-0.4, -0.2) is 27.3 Å². The summed E-state index contributed by atoms with van der Waals surface area (Å²) in [5.41, 5.74) is 6.24. The molecule has 0 amide bonds. The molecule has 0 spiro atoms. The minimum absolute atomic E-state index is 0.0332. The highest BCUT2D eigenvalue weighted by Crippen LogP contribution is 2.22. The molecule has 0 heterocycles. The summed E-state index contributed by atoms with van der Waals surface area (Å²) in [4.78, 5) is 0. The van der Waals surface area contributed by atoms with Crippen molar-refractivity contribution in [2.45, 2.75) is 32.1 Å². The largest absolute Gasteiger partial charge is 0.492 e. The molecule has 0 aromatic heterocycles. The molecular weight excluding hydrogens is 288 g/mol. The van der Waals surface area contributed by atoms with Crippen LogP contribution in [0, 0.1) is 5.92 Å². The topological polar surface area (TPSA) is 81.4 Å². The number of nitrogen functional groups attached to an aromatic ring is 1. The molecule has 1 aromatic rings. The van der Waals surface area contributed by atoms with E-state index in [0.717, 1.165) is 12.8 Å². The Morgan fingerprint density at radius 1 is 1.24 bits per heavy atom. The van der Waals surface area contributed by atoms with Crippen LogP contribution in [0.4, 0.5) is 5.69 Å². The third kappa shape index (κ3) is 5.93. The second-order valence-electron chi connectivity index (χ2n) is 5.59. The molecule has 118 valence electrons. The van der Waals surface area contributed by atoms with E-state index < -0.39 is 10.0 Å². The van der Waals surface area contributed by atoms with Gasteiger partial charge in [-0.05, 0) is 30.9 Å². The monoisotopic (exact) mass is 312 g/mol. The van der Waals surface area contributed by atoms with E-state index in [0.29, 0.717) is 23.9 Å². The number of benzene rings is 1. The van der Waals surface area contributed by atoms with Crippen molar-refractivity contribution >= 4 is 15.7 Å². The summed E-state index contributed by atoms with van der Waals surface area (Å²) in [6.45, 7) is 0.685. The maximum Gasteiger partial charge on any atom is 0.214 e. The SMILES string of the molecule is Nc1cccc(OCCS(=O)(=O)NCC2CCCCC2)c1. The van der Waals surface area contributed by atoms with Gasteiger partial charge in [-0.15, -0.1) is 0 Å². The Balaban J connectivity index is 1.70. The van der Waals surface area contributed by atoms with Crippen molar-refractivity contribution in [3.8, 4) is 5.75 Å². The molecule has 0 unspecified atom stereocenters. The summed E-state index contributed by atoms with van der Waals surface area (Å²) in [6.07, 6.45) is 5.96. The zero-order valence-corrected chi connectivity index (χ0v) is 13.1. The van der Waals surface area contributed by atoms with Crippen LogP contribution in [0.5, 0.6) is 5.75 Å². The highest BCUT2D eigenvalue weighted by molar-refractivity contribution is 7.89. The lowest BCUT2D eigenvalue weighted by molar-refractivity contribution is 0.338. The van der Waals surface area contributed by atoms with Gasteiger partial charge in [0.05, 0.1) is 5.75 Å². The quantitative estimate of drug-likeness (QED) is 0.756. The summed E-state index contributed by atoms with van der Waals surface area (Å²) in [5, 5.41) is 0. The van der Waals surface area contributed by atoms with Crippen molar-refractivity contribution in [3.63, 3.8) is 0 Å². The molecule has 1 saturated carbocycles. The lowest BCUT2D eigenvalue weighted by Crippen LogP contribution is -2.33. The molecule has 0 saturated heterocycles. The second-order valence-corrected chi connectivity index (χ2v) is 7.52. The van der Waals surface area contributed by atoms with Gasteiger partial charge in [0.15, 0.2) is 0 Å². The van der Waals surface area contributed by atoms with Crippen LogP contribution in [0.15, 0.2) is 24.3 Å². The van der Waals surface area contributed by atoms with Crippen LogP contribution in [-0.2, 0) is 10.0 Å². The number of anilines is 1. The standard InChI is InChI=1S/C15H24N2O3S/c16-14-7-4-8-15(11-14)20-9-10-21(18,19)17-12-13-5-2-1-3-6-13/h4,7-8,11,13,17H,1-3,5-6,9-10,12,16H2. The molecule has 2 rings (SSSR count). The number of rotatable bonds is 7. The van der Waals surface area contributed by atoms with E-state index in [4.69, 9.17) is 10.5 Å². The van der Waals surface area contributed by atoms with E-state index in [2.05, 4.69) is 4.72 Å². The van der Waals surface area contributed by atoms with Crippen LogP contribution in [0.3, 0.4) is 0 Å². The summed E-state index contributed by atoms with van der Waals surface area (Å²) in [6, 6.07) is 6.98. The van der Waals surface area contributed by atoms with Gasteiger partial charge in [-0.3, -0.25) is 0 Å². The van der Waals surface area contributed by atoms with E-state index >= 15 is 0 Å². The number of ether oxygens (including phenoxy) is 1. The van der Waals surface area contributed by atoms with E-state index in [9.17, 15) is 8.42 Å². The summed E-state index contributed by atoms with van der Waals surface area (Å²) in [7, 11) is -3.27. The van der Waals surface area contributed by atoms with Crippen molar-refractivity contribution in [3.05, 3.63) is 24.3 Å². The van der Waals surface area contributed by atoms with Gasteiger partial charge in [0.25, 0.3) is 0 Å². The Morgan fingerprint density at radius 2 is 2.00 bits per heavy atom. The van der Waals surface area contributed by atoms with Gasteiger partial charge in [-0.25, -0.2) is 13.1 Å². The Labute approximate surface area is 126 Å². The smallest absolute Gasteiger partial charge is 0.214 e. The Bertz CT molecular complexity index is 540. The highest BCUT2D eigenvalue weighted by Gasteiger charge is 2.17. The first-order chi connectivity index (χ1) is 10.1. The Morgan fingerprint density at radius 3 is 2.71 bits per heavy atom. The molecule has 1 aliphatic carbocycles.